The third kappa shape index (κ3) is 5.06. The van der Waals surface area contributed by atoms with Crippen molar-refractivity contribution in [1.82, 2.24) is 15.1 Å². The molecule has 1 aliphatic rings. The summed E-state index contributed by atoms with van der Waals surface area (Å²) in [7, 11) is 3.18. The maximum atomic E-state index is 12.9. The van der Waals surface area contributed by atoms with Crippen molar-refractivity contribution < 1.29 is 18.7 Å². The predicted molar refractivity (Wildman–Crippen MR) is 117 cm³/mol. The molecule has 7 nitrogen and oxygen atoms in total. The number of ether oxygens (including phenoxy) is 2. The summed E-state index contributed by atoms with van der Waals surface area (Å²) in [5.41, 5.74) is 1.56. The fourth-order valence-electron chi connectivity index (χ4n) is 3.16. The van der Waals surface area contributed by atoms with Crippen LogP contribution >= 0.6 is 11.6 Å². The van der Waals surface area contributed by atoms with Crippen molar-refractivity contribution in [2.45, 2.75) is 25.4 Å². The molecule has 0 atom stereocenters. The third-order valence-corrected chi connectivity index (χ3v) is 5.23. The molecule has 160 valence electrons. The summed E-state index contributed by atoms with van der Waals surface area (Å²) >= 11 is 5.93. The van der Waals surface area contributed by atoms with Gasteiger partial charge in [-0.2, -0.15) is 0 Å². The Hall–Kier alpha value is -3.32. The predicted octanol–water partition coefficient (Wildman–Crippen LogP) is 4.61. The number of carbonyl (C=O) groups excluding carboxylic acids is 1. The van der Waals surface area contributed by atoms with Gasteiger partial charge in [-0.05, 0) is 55.3 Å². The Labute approximate surface area is 185 Å². The minimum atomic E-state index is -0.119. The van der Waals surface area contributed by atoms with Crippen molar-refractivity contribution in [3.63, 3.8) is 0 Å². The van der Waals surface area contributed by atoms with Crippen molar-refractivity contribution in [3.05, 3.63) is 65.0 Å². The van der Waals surface area contributed by atoms with E-state index in [2.05, 4.69) is 10.2 Å². The summed E-state index contributed by atoms with van der Waals surface area (Å²) in [5, 5.41) is 8.84. The fourth-order valence-corrected chi connectivity index (χ4v) is 3.28. The molecule has 1 aromatic heterocycles. The molecule has 0 spiro atoms. The number of methoxy groups -OCH3 is 2. The van der Waals surface area contributed by atoms with E-state index in [0.29, 0.717) is 28.3 Å². The lowest BCUT2D eigenvalue weighted by Gasteiger charge is -2.18. The summed E-state index contributed by atoms with van der Waals surface area (Å²) in [6.07, 6.45) is 5.20. The number of hydrogen-bond acceptors (Lipinski definition) is 6. The molecule has 1 fully saturated rings. The number of aromatic nitrogens is 2. The number of hydrogen-bond donors (Lipinski definition) is 0. The second kappa shape index (κ2) is 9.22. The van der Waals surface area contributed by atoms with Gasteiger partial charge in [0.2, 0.25) is 17.7 Å². The monoisotopic (exact) mass is 439 g/mol. The number of carbonyl (C=O) groups is 1. The van der Waals surface area contributed by atoms with Crippen molar-refractivity contribution >= 4 is 23.6 Å². The molecule has 4 rings (SSSR count). The topological polar surface area (TPSA) is 77.7 Å². The molecule has 31 heavy (non-hydrogen) atoms. The van der Waals surface area contributed by atoms with Gasteiger partial charge in [-0.25, -0.2) is 0 Å². The average molecular weight is 440 g/mol. The van der Waals surface area contributed by atoms with E-state index in [1.807, 2.05) is 24.3 Å². The smallest absolute Gasteiger partial charge is 0.247 e. The highest BCUT2D eigenvalue weighted by Gasteiger charge is 2.32. The summed E-state index contributed by atoms with van der Waals surface area (Å²) < 4.78 is 16.4. The van der Waals surface area contributed by atoms with E-state index in [9.17, 15) is 4.79 Å². The molecular weight excluding hydrogens is 418 g/mol. The highest BCUT2D eigenvalue weighted by atomic mass is 35.5. The Morgan fingerprint density at radius 3 is 2.61 bits per heavy atom. The first-order chi connectivity index (χ1) is 15.1. The van der Waals surface area contributed by atoms with Gasteiger partial charge in [0.15, 0.2) is 0 Å². The lowest BCUT2D eigenvalue weighted by atomic mass is 10.1. The Kier molecular flexibility index (Phi) is 6.23. The summed E-state index contributed by atoms with van der Waals surface area (Å²) in [6.45, 7) is 0.258. The Morgan fingerprint density at radius 2 is 1.94 bits per heavy atom. The molecule has 3 aromatic rings. The Bertz CT molecular complexity index is 1090. The molecule has 0 N–H and O–H groups in total. The average Bonchev–Trinajstić information content (AvgIpc) is 3.53. The van der Waals surface area contributed by atoms with Gasteiger partial charge >= 0.3 is 0 Å². The van der Waals surface area contributed by atoms with E-state index in [1.165, 1.54) is 0 Å². The van der Waals surface area contributed by atoms with E-state index in [0.717, 1.165) is 24.0 Å². The number of rotatable bonds is 8. The lowest BCUT2D eigenvalue weighted by Crippen LogP contribution is -2.31. The van der Waals surface area contributed by atoms with Crippen LogP contribution in [0, 0.1) is 0 Å². The van der Waals surface area contributed by atoms with E-state index in [1.54, 1.807) is 49.5 Å². The van der Waals surface area contributed by atoms with Crippen LogP contribution in [0.1, 0.15) is 24.3 Å². The molecule has 0 saturated heterocycles. The molecule has 1 amide bonds. The lowest BCUT2D eigenvalue weighted by molar-refractivity contribution is -0.127. The van der Waals surface area contributed by atoms with Crippen LogP contribution in [0.4, 0.5) is 0 Å². The van der Waals surface area contributed by atoms with Crippen LogP contribution in [0.15, 0.2) is 53.0 Å². The van der Waals surface area contributed by atoms with Crippen LogP contribution in [0.2, 0.25) is 5.02 Å². The first-order valence-corrected chi connectivity index (χ1v) is 10.2. The van der Waals surface area contributed by atoms with Crippen LogP contribution < -0.4 is 9.47 Å². The van der Waals surface area contributed by atoms with Crippen LogP contribution in [-0.4, -0.2) is 41.3 Å². The molecule has 0 unspecified atom stereocenters. The van der Waals surface area contributed by atoms with Gasteiger partial charge < -0.3 is 18.8 Å². The zero-order valence-electron chi connectivity index (χ0n) is 17.2. The van der Waals surface area contributed by atoms with Gasteiger partial charge in [0, 0.05) is 34.3 Å². The number of amides is 1. The van der Waals surface area contributed by atoms with Crippen molar-refractivity contribution in [3.8, 4) is 23.0 Å². The van der Waals surface area contributed by atoms with Crippen molar-refractivity contribution in [1.29, 1.82) is 0 Å². The highest BCUT2D eigenvalue weighted by Crippen LogP contribution is 2.30. The first kappa shape index (κ1) is 20.9. The van der Waals surface area contributed by atoms with Gasteiger partial charge in [-0.15, -0.1) is 10.2 Å². The van der Waals surface area contributed by atoms with Crippen LogP contribution in [0.3, 0.4) is 0 Å². The molecule has 0 aliphatic heterocycles. The normalized spacial score (nSPS) is 13.4. The van der Waals surface area contributed by atoms with Gasteiger partial charge in [0.25, 0.3) is 0 Å². The molecule has 1 heterocycles. The first-order valence-electron chi connectivity index (χ1n) is 9.86. The van der Waals surface area contributed by atoms with Crippen LogP contribution in [0.25, 0.3) is 17.5 Å². The van der Waals surface area contributed by atoms with Gasteiger partial charge in [-0.3, -0.25) is 4.79 Å². The molecule has 8 heteroatoms. The van der Waals surface area contributed by atoms with Gasteiger partial charge in [0.05, 0.1) is 20.8 Å². The third-order valence-electron chi connectivity index (χ3n) is 4.98. The number of nitrogens with zero attached hydrogens (tertiary/aromatic N) is 3. The van der Waals surface area contributed by atoms with E-state index >= 15 is 0 Å². The number of benzene rings is 2. The largest absolute Gasteiger partial charge is 0.497 e. The Balaban J connectivity index is 1.48. The van der Waals surface area contributed by atoms with Gasteiger partial charge in [-0.1, -0.05) is 11.6 Å². The minimum Gasteiger partial charge on any atom is -0.497 e. The standard InChI is InChI=1S/C23H22ClN3O4/c1-29-19-11-5-15(20(13-19)30-2)6-12-22(28)27(18-9-10-18)14-21-25-26-23(31-21)16-3-7-17(24)8-4-16/h3-8,11-13,18H,9-10,14H2,1-2H3/b12-6+. The number of halogens is 1. The second-order valence-corrected chi connectivity index (χ2v) is 7.58. The summed E-state index contributed by atoms with van der Waals surface area (Å²) in [6, 6.07) is 12.8. The molecule has 0 radical (unpaired) electrons. The van der Waals surface area contributed by atoms with Gasteiger partial charge in [0.1, 0.15) is 11.5 Å². The van der Waals surface area contributed by atoms with Crippen molar-refractivity contribution in [2.24, 2.45) is 0 Å². The fraction of sp³-hybridized carbons (Fsp3) is 0.261. The second-order valence-electron chi connectivity index (χ2n) is 7.15. The molecule has 1 aliphatic carbocycles. The van der Waals surface area contributed by atoms with Crippen molar-refractivity contribution in [2.75, 3.05) is 14.2 Å². The maximum absolute atomic E-state index is 12.9. The summed E-state index contributed by atoms with van der Waals surface area (Å²) in [5.74, 6) is 1.99. The van der Waals surface area contributed by atoms with Crippen LogP contribution in [0.5, 0.6) is 11.5 Å². The van der Waals surface area contributed by atoms with Crippen LogP contribution in [-0.2, 0) is 11.3 Å². The molecule has 1 saturated carbocycles. The maximum Gasteiger partial charge on any atom is 0.247 e. The zero-order chi connectivity index (χ0) is 21.8. The molecule has 2 aromatic carbocycles. The Morgan fingerprint density at radius 1 is 1.16 bits per heavy atom. The van der Waals surface area contributed by atoms with E-state index in [-0.39, 0.29) is 18.5 Å². The van der Waals surface area contributed by atoms with E-state index in [4.69, 9.17) is 25.5 Å². The molecular formula is C23H22ClN3O4. The zero-order valence-corrected chi connectivity index (χ0v) is 18.0. The minimum absolute atomic E-state index is 0.119. The summed E-state index contributed by atoms with van der Waals surface area (Å²) in [4.78, 5) is 14.7. The quantitative estimate of drug-likeness (QED) is 0.477. The SMILES string of the molecule is COc1ccc(/C=C/C(=O)N(Cc2nnc(-c3ccc(Cl)cc3)o2)C2CC2)c(OC)c1. The van der Waals surface area contributed by atoms with E-state index < -0.39 is 0 Å². The highest BCUT2D eigenvalue weighted by molar-refractivity contribution is 6.30. The molecule has 0 bridgehead atoms.